The Balaban J connectivity index is 2.71. The van der Waals surface area contributed by atoms with E-state index in [0.29, 0.717) is 23.7 Å². The quantitative estimate of drug-likeness (QED) is 0.714. The molecule has 0 spiro atoms. The van der Waals surface area contributed by atoms with Crippen LogP contribution in [0.25, 0.3) is 0 Å². The number of amides is 1. The van der Waals surface area contributed by atoms with Gasteiger partial charge in [0, 0.05) is 22.3 Å². The summed E-state index contributed by atoms with van der Waals surface area (Å²) in [7, 11) is 0. The Kier molecular flexibility index (Phi) is 6.94. The lowest BCUT2D eigenvalue weighted by Crippen LogP contribution is -2.42. The Bertz CT molecular complexity index is 507. The number of carbonyl (C=O) groups excluding carboxylic acids is 1. The van der Waals surface area contributed by atoms with E-state index in [-0.39, 0.29) is 12.5 Å². The third-order valence-electron chi connectivity index (χ3n) is 3.88. The first-order valence-corrected chi connectivity index (χ1v) is 8.51. The molecule has 5 heteroatoms. The molecule has 0 bridgehead atoms. The van der Waals surface area contributed by atoms with Gasteiger partial charge in [-0.15, -0.1) is 11.8 Å². The number of carboxylic acid groups (broad SMARTS) is 1. The van der Waals surface area contributed by atoms with Gasteiger partial charge in [-0.2, -0.15) is 0 Å². The Morgan fingerprint density at radius 3 is 2.14 bits per heavy atom. The van der Waals surface area contributed by atoms with Crippen molar-refractivity contribution in [1.82, 2.24) is 5.32 Å². The molecule has 22 heavy (non-hydrogen) atoms. The summed E-state index contributed by atoms with van der Waals surface area (Å²) < 4.78 is 0. The van der Waals surface area contributed by atoms with Crippen LogP contribution in [0.5, 0.6) is 0 Å². The molecule has 0 fully saturated rings. The first kappa shape index (κ1) is 18.6. The van der Waals surface area contributed by atoms with E-state index in [0.717, 1.165) is 4.90 Å². The zero-order valence-corrected chi connectivity index (χ0v) is 14.5. The molecule has 1 aromatic carbocycles. The highest BCUT2D eigenvalue weighted by Gasteiger charge is 2.35. The molecule has 0 unspecified atom stereocenters. The highest BCUT2D eigenvalue weighted by molar-refractivity contribution is 7.99. The van der Waals surface area contributed by atoms with Crippen molar-refractivity contribution in [3.8, 4) is 0 Å². The van der Waals surface area contributed by atoms with Gasteiger partial charge >= 0.3 is 5.97 Å². The third kappa shape index (κ3) is 4.77. The number of aliphatic carboxylic acids is 1. The van der Waals surface area contributed by atoms with E-state index in [1.54, 1.807) is 23.9 Å². The largest absolute Gasteiger partial charge is 0.481 e. The van der Waals surface area contributed by atoms with Crippen LogP contribution in [0.4, 0.5) is 0 Å². The lowest BCUT2D eigenvalue weighted by molar-refractivity contribution is -0.149. The first-order chi connectivity index (χ1) is 10.3. The maximum Gasteiger partial charge on any atom is 0.311 e. The second-order valence-electron chi connectivity index (χ2n) is 5.67. The Labute approximate surface area is 136 Å². The standard InChI is InChI=1S/C17H25NO3S/c1-5-17(6-2,16(20)21)11-18-15(19)13-7-9-14(10-8-13)22-12(3)4/h7-10,12H,5-6,11H2,1-4H3,(H,18,19)(H,20,21). The molecule has 122 valence electrons. The van der Waals surface area contributed by atoms with Crippen molar-refractivity contribution in [2.45, 2.75) is 50.7 Å². The lowest BCUT2D eigenvalue weighted by atomic mass is 9.82. The van der Waals surface area contributed by atoms with Crippen LogP contribution in [-0.4, -0.2) is 28.8 Å². The summed E-state index contributed by atoms with van der Waals surface area (Å²) in [6.45, 7) is 8.05. The number of rotatable bonds is 8. The molecule has 4 nitrogen and oxygen atoms in total. The van der Waals surface area contributed by atoms with Gasteiger partial charge < -0.3 is 10.4 Å². The number of benzene rings is 1. The number of nitrogens with one attached hydrogen (secondary N) is 1. The average Bonchev–Trinajstić information content (AvgIpc) is 2.48. The van der Waals surface area contributed by atoms with Crippen molar-refractivity contribution in [1.29, 1.82) is 0 Å². The van der Waals surface area contributed by atoms with Crippen LogP contribution in [0, 0.1) is 5.41 Å². The number of carboxylic acids is 1. The van der Waals surface area contributed by atoms with E-state index in [4.69, 9.17) is 0 Å². The molecule has 0 radical (unpaired) electrons. The van der Waals surface area contributed by atoms with Gasteiger partial charge in [0.2, 0.25) is 0 Å². The summed E-state index contributed by atoms with van der Waals surface area (Å²) in [5, 5.41) is 12.6. The Morgan fingerprint density at radius 2 is 1.73 bits per heavy atom. The Morgan fingerprint density at radius 1 is 1.18 bits per heavy atom. The fraction of sp³-hybridized carbons (Fsp3) is 0.529. The topological polar surface area (TPSA) is 66.4 Å². The summed E-state index contributed by atoms with van der Waals surface area (Å²) in [6.07, 6.45) is 0.978. The van der Waals surface area contributed by atoms with Crippen molar-refractivity contribution in [3.63, 3.8) is 0 Å². The maximum absolute atomic E-state index is 12.2. The molecule has 0 aromatic heterocycles. The van der Waals surface area contributed by atoms with Gasteiger partial charge in [-0.3, -0.25) is 9.59 Å². The number of thioether (sulfide) groups is 1. The van der Waals surface area contributed by atoms with Gasteiger partial charge in [0.25, 0.3) is 5.91 Å². The zero-order valence-electron chi connectivity index (χ0n) is 13.7. The monoisotopic (exact) mass is 323 g/mol. The van der Waals surface area contributed by atoms with Gasteiger partial charge in [0.15, 0.2) is 0 Å². The summed E-state index contributed by atoms with van der Waals surface area (Å²) in [5.74, 6) is -1.09. The first-order valence-electron chi connectivity index (χ1n) is 7.63. The van der Waals surface area contributed by atoms with Gasteiger partial charge in [-0.25, -0.2) is 0 Å². The van der Waals surface area contributed by atoms with E-state index in [1.807, 2.05) is 26.0 Å². The van der Waals surface area contributed by atoms with E-state index in [9.17, 15) is 14.7 Å². The SMILES string of the molecule is CCC(CC)(CNC(=O)c1ccc(SC(C)C)cc1)C(=O)O. The van der Waals surface area contributed by atoms with Gasteiger partial charge in [0.1, 0.15) is 0 Å². The molecule has 1 rings (SSSR count). The molecule has 0 aliphatic heterocycles. The molecule has 0 atom stereocenters. The summed E-state index contributed by atoms with van der Waals surface area (Å²) in [6, 6.07) is 7.40. The number of hydrogen-bond acceptors (Lipinski definition) is 3. The van der Waals surface area contributed by atoms with Crippen molar-refractivity contribution in [2.24, 2.45) is 5.41 Å². The van der Waals surface area contributed by atoms with Crippen molar-refractivity contribution in [2.75, 3.05) is 6.54 Å². The molecule has 0 saturated carbocycles. The highest BCUT2D eigenvalue weighted by Crippen LogP contribution is 2.26. The van der Waals surface area contributed by atoms with Crippen LogP contribution >= 0.6 is 11.8 Å². The van der Waals surface area contributed by atoms with Crippen molar-refractivity contribution in [3.05, 3.63) is 29.8 Å². The highest BCUT2D eigenvalue weighted by atomic mass is 32.2. The van der Waals surface area contributed by atoms with Crippen molar-refractivity contribution < 1.29 is 14.7 Å². The average molecular weight is 323 g/mol. The van der Waals surface area contributed by atoms with E-state index >= 15 is 0 Å². The van der Waals surface area contributed by atoms with Crippen molar-refractivity contribution >= 4 is 23.6 Å². The van der Waals surface area contributed by atoms with E-state index < -0.39 is 11.4 Å². The minimum Gasteiger partial charge on any atom is -0.481 e. The number of hydrogen-bond donors (Lipinski definition) is 2. The molecule has 1 amide bonds. The number of carbonyl (C=O) groups is 2. The molecular formula is C17H25NO3S. The molecule has 0 heterocycles. The molecular weight excluding hydrogens is 298 g/mol. The normalized spacial score (nSPS) is 11.5. The summed E-state index contributed by atoms with van der Waals surface area (Å²) in [4.78, 5) is 24.7. The molecule has 1 aromatic rings. The minimum atomic E-state index is -0.886. The fourth-order valence-electron chi connectivity index (χ4n) is 2.19. The molecule has 2 N–H and O–H groups in total. The Hall–Kier alpha value is -1.49. The van der Waals surface area contributed by atoms with Crippen LogP contribution in [0.3, 0.4) is 0 Å². The van der Waals surface area contributed by atoms with E-state index in [1.165, 1.54) is 0 Å². The van der Waals surface area contributed by atoms with Crippen LogP contribution in [0.2, 0.25) is 0 Å². The predicted octanol–water partition coefficient (Wildman–Crippen LogP) is 3.81. The summed E-state index contributed by atoms with van der Waals surface area (Å²) in [5.41, 5.74) is -0.331. The van der Waals surface area contributed by atoms with Gasteiger partial charge in [0.05, 0.1) is 5.41 Å². The fourth-order valence-corrected chi connectivity index (χ4v) is 3.02. The van der Waals surface area contributed by atoms with Crippen LogP contribution < -0.4 is 5.32 Å². The van der Waals surface area contributed by atoms with Crippen LogP contribution in [0.15, 0.2) is 29.2 Å². The second-order valence-corrected chi connectivity index (χ2v) is 7.32. The van der Waals surface area contributed by atoms with E-state index in [2.05, 4.69) is 19.2 Å². The molecule has 0 aliphatic rings. The van der Waals surface area contributed by atoms with Gasteiger partial charge in [-0.05, 0) is 37.1 Å². The van der Waals surface area contributed by atoms with Crippen LogP contribution in [-0.2, 0) is 4.79 Å². The minimum absolute atomic E-state index is 0.149. The van der Waals surface area contributed by atoms with Crippen LogP contribution in [0.1, 0.15) is 50.9 Å². The smallest absolute Gasteiger partial charge is 0.311 e. The molecule has 0 saturated heterocycles. The second kappa shape index (κ2) is 8.22. The predicted molar refractivity (Wildman–Crippen MR) is 90.4 cm³/mol. The molecule has 0 aliphatic carbocycles. The van der Waals surface area contributed by atoms with Gasteiger partial charge in [-0.1, -0.05) is 27.7 Å². The lowest BCUT2D eigenvalue weighted by Gasteiger charge is -2.26. The third-order valence-corrected chi connectivity index (χ3v) is 4.90. The summed E-state index contributed by atoms with van der Waals surface area (Å²) >= 11 is 1.74. The maximum atomic E-state index is 12.2. The zero-order chi connectivity index (χ0) is 16.8.